The Morgan fingerprint density at radius 3 is 2.57 bits per heavy atom. The fraction of sp³-hybridized carbons (Fsp3) is 0.0588. The summed E-state index contributed by atoms with van der Waals surface area (Å²) >= 11 is 5.98. The zero-order valence-electron chi connectivity index (χ0n) is 12.2. The Morgan fingerprint density at radius 1 is 1.13 bits per heavy atom. The van der Waals surface area contributed by atoms with Crippen LogP contribution >= 0.6 is 11.6 Å². The van der Waals surface area contributed by atoms with Crippen LogP contribution in [0.5, 0.6) is 5.75 Å². The molecule has 6 heteroatoms. The summed E-state index contributed by atoms with van der Waals surface area (Å²) in [5.74, 6) is -0.371. The predicted octanol–water partition coefficient (Wildman–Crippen LogP) is 2.81. The van der Waals surface area contributed by atoms with Gasteiger partial charge in [-0.1, -0.05) is 29.8 Å². The summed E-state index contributed by atoms with van der Waals surface area (Å²) < 4.78 is 5.23. The molecular formula is C17H13ClN2O3. The Bertz CT molecular complexity index is 803. The van der Waals surface area contributed by atoms with Gasteiger partial charge < -0.3 is 4.74 Å². The average molecular weight is 329 g/mol. The van der Waals surface area contributed by atoms with E-state index in [1.54, 1.807) is 42.5 Å². The number of methoxy groups -OCH3 is 1. The van der Waals surface area contributed by atoms with Crippen molar-refractivity contribution < 1.29 is 14.3 Å². The smallest absolute Gasteiger partial charge is 0.282 e. The van der Waals surface area contributed by atoms with E-state index in [9.17, 15) is 9.59 Å². The first-order valence-electron chi connectivity index (χ1n) is 6.86. The highest BCUT2D eigenvalue weighted by Gasteiger charge is 2.34. The number of hydrazine groups is 1. The van der Waals surface area contributed by atoms with E-state index < -0.39 is 11.8 Å². The number of carbonyl (C=O) groups is 2. The third kappa shape index (κ3) is 2.91. The van der Waals surface area contributed by atoms with E-state index in [2.05, 4.69) is 5.43 Å². The summed E-state index contributed by atoms with van der Waals surface area (Å²) in [4.78, 5) is 24.6. The molecule has 1 aliphatic heterocycles. The van der Waals surface area contributed by atoms with Gasteiger partial charge in [0.25, 0.3) is 11.8 Å². The van der Waals surface area contributed by atoms with Gasteiger partial charge in [-0.2, -0.15) is 0 Å². The topological polar surface area (TPSA) is 58.6 Å². The van der Waals surface area contributed by atoms with Crippen molar-refractivity contribution in [1.82, 2.24) is 5.43 Å². The predicted molar refractivity (Wildman–Crippen MR) is 88.1 cm³/mol. The van der Waals surface area contributed by atoms with Crippen LogP contribution < -0.4 is 15.2 Å². The Hall–Kier alpha value is -2.79. The van der Waals surface area contributed by atoms with Crippen molar-refractivity contribution in [3.05, 3.63) is 64.7 Å². The number of amides is 2. The molecule has 0 aromatic heterocycles. The minimum Gasteiger partial charge on any atom is -0.496 e. The average Bonchev–Trinajstić information content (AvgIpc) is 2.84. The number of anilines is 1. The molecule has 1 fully saturated rings. The molecule has 116 valence electrons. The first-order valence-corrected chi connectivity index (χ1v) is 7.23. The first kappa shape index (κ1) is 15.1. The molecule has 3 rings (SSSR count). The lowest BCUT2D eigenvalue weighted by molar-refractivity contribution is -0.117. The van der Waals surface area contributed by atoms with Gasteiger partial charge in [0.15, 0.2) is 0 Å². The number of nitrogens with one attached hydrogen (secondary N) is 1. The molecule has 1 N–H and O–H groups in total. The molecule has 0 unspecified atom stereocenters. The van der Waals surface area contributed by atoms with Crippen LogP contribution in [0.25, 0.3) is 6.08 Å². The van der Waals surface area contributed by atoms with E-state index in [-0.39, 0.29) is 5.57 Å². The molecule has 23 heavy (non-hydrogen) atoms. The number of hydrogen-bond donors (Lipinski definition) is 1. The Labute approximate surface area is 138 Å². The van der Waals surface area contributed by atoms with Crippen molar-refractivity contribution in [1.29, 1.82) is 0 Å². The van der Waals surface area contributed by atoms with Gasteiger partial charge in [0.2, 0.25) is 0 Å². The van der Waals surface area contributed by atoms with Crippen LogP contribution in [0.3, 0.4) is 0 Å². The highest BCUT2D eigenvalue weighted by Crippen LogP contribution is 2.27. The molecule has 1 saturated heterocycles. The lowest BCUT2D eigenvalue weighted by Crippen LogP contribution is -2.35. The minimum absolute atomic E-state index is 0.0226. The lowest BCUT2D eigenvalue weighted by Gasteiger charge is -2.13. The van der Waals surface area contributed by atoms with E-state index in [1.165, 1.54) is 18.2 Å². The van der Waals surface area contributed by atoms with Crippen LogP contribution in [0.2, 0.25) is 5.02 Å². The van der Waals surface area contributed by atoms with Gasteiger partial charge in [0, 0.05) is 10.6 Å². The zero-order chi connectivity index (χ0) is 16.4. The van der Waals surface area contributed by atoms with Gasteiger partial charge in [0.1, 0.15) is 11.3 Å². The third-order valence-electron chi connectivity index (χ3n) is 3.40. The third-order valence-corrected chi connectivity index (χ3v) is 3.63. The minimum atomic E-state index is -0.471. The number of ether oxygens (including phenoxy) is 1. The van der Waals surface area contributed by atoms with Crippen LogP contribution in [-0.2, 0) is 9.59 Å². The summed E-state index contributed by atoms with van der Waals surface area (Å²) in [5.41, 5.74) is 3.72. The Balaban J connectivity index is 1.99. The molecule has 5 nitrogen and oxygen atoms in total. The van der Waals surface area contributed by atoms with Gasteiger partial charge in [-0.25, -0.2) is 5.01 Å². The molecule has 2 aromatic carbocycles. The van der Waals surface area contributed by atoms with E-state index in [0.29, 0.717) is 22.0 Å². The Morgan fingerprint density at radius 2 is 1.87 bits per heavy atom. The first-order chi connectivity index (χ1) is 11.1. The molecule has 0 saturated carbocycles. The van der Waals surface area contributed by atoms with Crippen molar-refractivity contribution in [3.63, 3.8) is 0 Å². The van der Waals surface area contributed by atoms with Gasteiger partial charge in [-0.3, -0.25) is 15.0 Å². The van der Waals surface area contributed by atoms with Crippen LogP contribution in [-0.4, -0.2) is 18.9 Å². The van der Waals surface area contributed by atoms with E-state index in [4.69, 9.17) is 16.3 Å². The molecule has 1 heterocycles. The highest BCUT2D eigenvalue weighted by atomic mass is 35.5. The maximum absolute atomic E-state index is 12.5. The zero-order valence-corrected chi connectivity index (χ0v) is 13.0. The van der Waals surface area contributed by atoms with E-state index in [1.807, 2.05) is 6.07 Å². The quantitative estimate of drug-likeness (QED) is 0.696. The van der Waals surface area contributed by atoms with Crippen LogP contribution in [0.1, 0.15) is 5.56 Å². The second kappa shape index (κ2) is 6.14. The number of rotatable bonds is 3. The van der Waals surface area contributed by atoms with Crippen molar-refractivity contribution >= 4 is 35.2 Å². The number of benzene rings is 2. The number of halogens is 1. The van der Waals surface area contributed by atoms with Crippen LogP contribution in [0.15, 0.2) is 54.1 Å². The normalized spacial score (nSPS) is 15.9. The van der Waals surface area contributed by atoms with Gasteiger partial charge in [-0.15, -0.1) is 0 Å². The fourth-order valence-corrected chi connectivity index (χ4v) is 2.47. The van der Waals surface area contributed by atoms with E-state index in [0.717, 1.165) is 0 Å². The van der Waals surface area contributed by atoms with Crippen molar-refractivity contribution in [2.24, 2.45) is 0 Å². The van der Waals surface area contributed by atoms with Crippen LogP contribution in [0.4, 0.5) is 5.69 Å². The van der Waals surface area contributed by atoms with Crippen molar-refractivity contribution in [2.45, 2.75) is 0 Å². The number of para-hydroxylation sites is 1. The number of carbonyl (C=O) groups excluding carboxylic acids is 2. The molecule has 0 atom stereocenters. The molecule has 0 radical (unpaired) electrons. The molecule has 2 aromatic rings. The second-order valence-corrected chi connectivity index (χ2v) is 5.30. The molecule has 0 spiro atoms. The van der Waals surface area contributed by atoms with Crippen molar-refractivity contribution in [3.8, 4) is 5.75 Å². The standard InChI is InChI=1S/C17H13ClN2O3/c1-23-15-8-7-12(18)9-11(15)10-14-16(21)19-20(17(14)22)13-5-3-2-4-6-13/h2-10H,1H3,(H,19,21). The maximum atomic E-state index is 12.5. The summed E-state index contributed by atoms with van der Waals surface area (Å²) in [6, 6.07) is 13.9. The van der Waals surface area contributed by atoms with Crippen LogP contribution in [0, 0.1) is 0 Å². The summed E-state index contributed by atoms with van der Waals surface area (Å²) in [5, 5.41) is 1.70. The summed E-state index contributed by atoms with van der Waals surface area (Å²) in [6.07, 6.45) is 1.48. The summed E-state index contributed by atoms with van der Waals surface area (Å²) in [6.45, 7) is 0. The SMILES string of the molecule is COc1ccc(Cl)cc1C=C1C(=O)NN(c2ccccc2)C1=O. The fourth-order valence-electron chi connectivity index (χ4n) is 2.29. The molecule has 1 aliphatic rings. The Kier molecular flexibility index (Phi) is 4.04. The largest absolute Gasteiger partial charge is 0.496 e. The molecule has 2 amide bonds. The second-order valence-electron chi connectivity index (χ2n) is 4.86. The lowest BCUT2D eigenvalue weighted by atomic mass is 10.1. The molecule has 0 bridgehead atoms. The van der Waals surface area contributed by atoms with Gasteiger partial charge in [0.05, 0.1) is 12.8 Å². The number of hydrogen-bond acceptors (Lipinski definition) is 3. The number of nitrogens with zero attached hydrogens (tertiary/aromatic N) is 1. The van der Waals surface area contributed by atoms with Gasteiger partial charge >= 0.3 is 0 Å². The van der Waals surface area contributed by atoms with Crippen molar-refractivity contribution in [2.75, 3.05) is 12.1 Å². The monoisotopic (exact) mass is 328 g/mol. The summed E-state index contributed by atoms with van der Waals surface area (Å²) in [7, 11) is 1.51. The molecule has 0 aliphatic carbocycles. The molecular weight excluding hydrogens is 316 g/mol. The van der Waals surface area contributed by atoms with E-state index >= 15 is 0 Å². The highest BCUT2D eigenvalue weighted by molar-refractivity contribution is 6.32. The van der Waals surface area contributed by atoms with Gasteiger partial charge in [-0.05, 0) is 36.4 Å². The maximum Gasteiger partial charge on any atom is 0.282 e.